The van der Waals surface area contributed by atoms with E-state index in [-0.39, 0.29) is 6.10 Å². The fourth-order valence-corrected chi connectivity index (χ4v) is 3.02. The highest BCUT2D eigenvalue weighted by atomic mass is 16.5. The molecular weight excluding hydrogens is 228 g/mol. The first-order valence-corrected chi connectivity index (χ1v) is 7.39. The van der Waals surface area contributed by atoms with Gasteiger partial charge >= 0.3 is 0 Å². The minimum absolute atomic E-state index is 0.155. The van der Waals surface area contributed by atoms with Gasteiger partial charge in [0.2, 0.25) is 0 Å². The van der Waals surface area contributed by atoms with Gasteiger partial charge in [-0.3, -0.25) is 4.90 Å². The van der Waals surface area contributed by atoms with E-state index in [4.69, 9.17) is 4.74 Å². The molecule has 106 valence electrons. The summed E-state index contributed by atoms with van der Waals surface area (Å²) < 4.78 is 5.34. The number of rotatable bonds is 4. The molecule has 0 amide bonds. The van der Waals surface area contributed by atoms with Crippen LogP contribution in [0.3, 0.4) is 0 Å². The molecule has 18 heavy (non-hydrogen) atoms. The van der Waals surface area contributed by atoms with Crippen LogP contribution in [-0.4, -0.2) is 73.0 Å². The molecule has 0 spiro atoms. The molecule has 1 unspecified atom stereocenters. The van der Waals surface area contributed by atoms with Crippen LogP contribution in [-0.2, 0) is 4.74 Å². The first-order chi connectivity index (χ1) is 8.66. The van der Waals surface area contributed by atoms with Crippen LogP contribution in [0.2, 0.25) is 0 Å². The largest absolute Gasteiger partial charge is 0.392 e. The Kier molecular flexibility index (Phi) is 5.42. The van der Waals surface area contributed by atoms with Crippen LogP contribution in [0.5, 0.6) is 0 Å². The minimum Gasteiger partial charge on any atom is -0.392 e. The molecule has 2 aliphatic rings. The van der Waals surface area contributed by atoms with Gasteiger partial charge in [-0.1, -0.05) is 0 Å². The number of β-amino-alcohol motifs (C(OH)–C–C–N with tert-alkyl or cyclic N) is 1. The van der Waals surface area contributed by atoms with Gasteiger partial charge in [0.05, 0.1) is 19.3 Å². The average molecular weight is 256 g/mol. The number of ether oxygens (including phenoxy) is 1. The Bertz CT molecular complexity index is 234. The summed E-state index contributed by atoms with van der Waals surface area (Å²) in [6.07, 6.45) is 2.13. The second-order valence-corrected chi connectivity index (χ2v) is 5.95. The van der Waals surface area contributed by atoms with E-state index >= 15 is 0 Å². The number of aliphatic hydroxyl groups excluding tert-OH is 1. The molecule has 0 bridgehead atoms. The van der Waals surface area contributed by atoms with Crippen molar-refractivity contribution < 1.29 is 9.84 Å². The van der Waals surface area contributed by atoms with Crippen LogP contribution in [0.1, 0.15) is 26.7 Å². The summed E-state index contributed by atoms with van der Waals surface area (Å²) in [5, 5.41) is 10.4. The molecule has 2 aliphatic heterocycles. The van der Waals surface area contributed by atoms with E-state index < -0.39 is 0 Å². The lowest BCUT2D eigenvalue weighted by molar-refractivity contribution is -0.0116. The molecule has 4 heteroatoms. The van der Waals surface area contributed by atoms with Crippen LogP contribution >= 0.6 is 0 Å². The maximum atomic E-state index is 10.4. The van der Waals surface area contributed by atoms with Crippen molar-refractivity contribution in [1.29, 1.82) is 0 Å². The smallest absolute Gasteiger partial charge is 0.0696 e. The second kappa shape index (κ2) is 6.85. The Morgan fingerprint density at radius 1 is 1.11 bits per heavy atom. The first kappa shape index (κ1) is 14.3. The number of likely N-dealkylation sites (tertiary alicyclic amines) is 1. The molecule has 2 rings (SSSR count). The lowest BCUT2D eigenvalue weighted by atomic mass is 9.90. The van der Waals surface area contributed by atoms with E-state index in [9.17, 15) is 5.11 Å². The maximum absolute atomic E-state index is 10.4. The molecule has 2 heterocycles. The highest BCUT2D eigenvalue weighted by Crippen LogP contribution is 2.22. The zero-order valence-electron chi connectivity index (χ0n) is 11.8. The van der Waals surface area contributed by atoms with Crippen molar-refractivity contribution in [3.8, 4) is 0 Å². The van der Waals surface area contributed by atoms with Gasteiger partial charge in [0, 0.05) is 25.7 Å². The fraction of sp³-hybridized carbons (Fsp3) is 1.00. The first-order valence-electron chi connectivity index (χ1n) is 7.39. The highest BCUT2D eigenvalue weighted by molar-refractivity contribution is 4.81. The lowest BCUT2D eigenvalue weighted by Crippen LogP contribution is -2.46. The lowest BCUT2D eigenvalue weighted by Gasteiger charge is -2.38. The van der Waals surface area contributed by atoms with Crippen molar-refractivity contribution in [2.24, 2.45) is 5.92 Å². The van der Waals surface area contributed by atoms with E-state index in [0.29, 0.717) is 12.0 Å². The Labute approximate surface area is 111 Å². The van der Waals surface area contributed by atoms with E-state index in [1.807, 2.05) is 0 Å². The Hall–Kier alpha value is -0.160. The third kappa shape index (κ3) is 3.92. The van der Waals surface area contributed by atoms with Crippen LogP contribution in [0.4, 0.5) is 0 Å². The minimum atomic E-state index is -0.155. The van der Waals surface area contributed by atoms with E-state index in [2.05, 4.69) is 23.6 Å². The summed E-state index contributed by atoms with van der Waals surface area (Å²) in [6.45, 7) is 11.2. The van der Waals surface area contributed by atoms with Crippen molar-refractivity contribution in [3.05, 3.63) is 0 Å². The van der Waals surface area contributed by atoms with Gasteiger partial charge < -0.3 is 14.7 Å². The third-order valence-corrected chi connectivity index (χ3v) is 4.40. The average Bonchev–Trinajstić information content (AvgIpc) is 2.40. The Morgan fingerprint density at radius 2 is 1.72 bits per heavy atom. The number of piperidine rings is 1. The number of morpholine rings is 1. The molecule has 2 saturated heterocycles. The number of hydrogen-bond donors (Lipinski definition) is 1. The van der Waals surface area contributed by atoms with Crippen molar-refractivity contribution in [1.82, 2.24) is 9.80 Å². The molecule has 0 aliphatic carbocycles. The topological polar surface area (TPSA) is 35.9 Å². The van der Waals surface area contributed by atoms with Crippen molar-refractivity contribution in [2.75, 3.05) is 45.9 Å². The van der Waals surface area contributed by atoms with Crippen LogP contribution < -0.4 is 0 Å². The number of aliphatic hydroxyl groups is 1. The van der Waals surface area contributed by atoms with Gasteiger partial charge in [0.25, 0.3) is 0 Å². The Balaban J connectivity index is 1.71. The van der Waals surface area contributed by atoms with Gasteiger partial charge in [-0.25, -0.2) is 0 Å². The summed E-state index contributed by atoms with van der Waals surface area (Å²) in [7, 11) is 0. The van der Waals surface area contributed by atoms with E-state index in [1.54, 1.807) is 0 Å². The summed E-state index contributed by atoms with van der Waals surface area (Å²) in [5.74, 6) is 0.489. The molecular formula is C14H28N2O2. The third-order valence-electron chi connectivity index (χ3n) is 4.40. The van der Waals surface area contributed by atoms with Gasteiger partial charge in [0.1, 0.15) is 0 Å². The SMILES string of the molecule is CC(C)N1CCC(C(O)CN2CCOCC2)CC1. The molecule has 0 radical (unpaired) electrons. The van der Waals surface area contributed by atoms with Gasteiger partial charge in [-0.05, 0) is 45.7 Å². The number of hydrogen-bond acceptors (Lipinski definition) is 4. The van der Waals surface area contributed by atoms with Gasteiger partial charge in [0.15, 0.2) is 0 Å². The monoisotopic (exact) mass is 256 g/mol. The fourth-order valence-electron chi connectivity index (χ4n) is 3.02. The Morgan fingerprint density at radius 3 is 2.28 bits per heavy atom. The molecule has 0 aromatic rings. The molecule has 0 saturated carbocycles. The van der Waals surface area contributed by atoms with Crippen molar-refractivity contribution in [2.45, 2.75) is 38.8 Å². The van der Waals surface area contributed by atoms with Gasteiger partial charge in [-0.15, -0.1) is 0 Å². The standard InChI is InChI=1S/C14H28N2O2/c1-12(2)16-5-3-13(4-6-16)14(17)11-15-7-9-18-10-8-15/h12-14,17H,3-11H2,1-2H3. The predicted octanol–water partition coefficient (Wildman–Crippen LogP) is 0.800. The summed E-state index contributed by atoms with van der Waals surface area (Å²) in [6, 6.07) is 0.641. The van der Waals surface area contributed by atoms with Crippen LogP contribution in [0.25, 0.3) is 0 Å². The van der Waals surface area contributed by atoms with Crippen LogP contribution in [0.15, 0.2) is 0 Å². The van der Waals surface area contributed by atoms with Gasteiger partial charge in [-0.2, -0.15) is 0 Å². The number of nitrogens with zero attached hydrogens (tertiary/aromatic N) is 2. The van der Waals surface area contributed by atoms with E-state index in [1.165, 1.54) is 0 Å². The zero-order chi connectivity index (χ0) is 13.0. The summed E-state index contributed by atoms with van der Waals surface area (Å²) >= 11 is 0. The maximum Gasteiger partial charge on any atom is 0.0696 e. The molecule has 2 fully saturated rings. The quantitative estimate of drug-likeness (QED) is 0.807. The van der Waals surface area contributed by atoms with Crippen LogP contribution in [0, 0.1) is 5.92 Å². The summed E-state index contributed by atoms with van der Waals surface area (Å²) in [5.41, 5.74) is 0. The molecule has 4 nitrogen and oxygen atoms in total. The summed E-state index contributed by atoms with van der Waals surface area (Å²) in [4.78, 5) is 4.85. The highest BCUT2D eigenvalue weighted by Gasteiger charge is 2.27. The zero-order valence-corrected chi connectivity index (χ0v) is 11.8. The second-order valence-electron chi connectivity index (χ2n) is 5.95. The normalized spacial score (nSPS) is 26.7. The van der Waals surface area contributed by atoms with E-state index in [0.717, 1.165) is 58.8 Å². The molecule has 0 aromatic carbocycles. The molecule has 0 aromatic heterocycles. The molecule has 1 atom stereocenters. The van der Waals surface area contributed by atoms with Crippen molar-refractivity contribution >= 4 is 0 Å². The van der Waals surface area contributed by atoms with Crippen molar-refractivity contribution in [3.63, 3.8) is 0 Å². The predicted molar refractivity (Wildman–Crippen MR) is 72.7 cm³/mol. The molecule has 1 N–H and O–H groups in total.